The number of hydrogen-bond acceptors (Lipinski definition) is 1. The third-order valence-corrected chi connectivity index (χ3v) is 3.70. The van der Waals surface area contributed by atoms with Gasteiger partial charge in [0.15, 0.2) is 0 Å². The second-order valence-electron chi connectivity index (χ2n) is 6.18. The summed E-state index contributed by atoms with van der Waals surface area (Å²) in [5.74, 6) is -1.49. The van der Waals surface area contributed by atoms with Crippen LogP contribution in [-0.2, 0) is 5.41 Å². The van der Waals surface area contributed by atoms with Crippen LogP contribution >= 0.6 is 0 Å². The monoisotopic (exact) mass is 318 g/mol. The smallest absolute Gasteiger partial charge is 0.319 e. The van der Waals surface area contributed by atoms with Gasteiger partial charge in [0.05, 0.1) is 5.69 Å². The number of carbonyl (C=O) groups excluding carboxylic acids is 1. The van der Waals surface area contributed by atoms with E-state index in [1.54, 1.807) is 0 Å². The molecular formula is C18H20F2N2O. The second kappa shape index (κ2) is 6.77. The van der Waals surface area contributed by atoms with Crippen LogP contribution in [0.4, 0.5) is 19.3 Å². The van der Waals surface area contributed by atoms with E-state index in [2.05, 4.69) is 10.6 Å². The van der Waals surface area contributed by atoms with Crippen molar-refractivity contribution in [2.75, 3.05) is 11.9 Å². The number of aryl methyl sites for hydroxylation is 1. The molecule has 2 aromatic rings. The Morgan fingerprint density at radius 1 is 1.09 bits per heavy atom. The van der Waals surface area contributed by atoms with Crippen LogP contribution in [0.5, 0.6) is 0 Å². The standard InChI is InChI=1S/C18H20F2N2O/c1-12-4-6-13(7-5-12)18(2,3)11-21-17(23)22-16-9-8-14(19)10-15(16)20/h4-10H,11H2,1-3H3,(H2,21,22,23). The van der Waals surface area contributed by atoms with Gasteiger partial charge in [-0.3, -0.25) is 0 Å². The van der Waals surface area contributed by atoms with Gasteiger partial charge >= 0.3 is 6.03 Å². The number of hydrogen-bond donors (Lipinski definition) is 2. The zero-order valence-corrected chi connectivity index (χ0v) is 13.4. The lowest BCUT2D eigenvalue weighted by atomic mass is 9.84. The minimum Gasteiger partial charge on any atom is -0.337 e. The van der Waals surface area contributed by atoms with Crippen molar-refractivity contribution in [1.82, 2.24) is 5.32 Å². The Balaban J connectivity index is 1.96. The lowest BCUT2D eigenvalue weighted by Gasteiger charge is -2.26. The summed E-state index contributed by atoms with van der Waals surface area (Å²) in [6.07, 6.45) is 0. The Labute approximate surface area is 134 Å². The predicted molar refractivity (Wildman–Crippen MR) is 87.6 cm³/mol. The summed E-state index contributed by atoms with van der Waals surface area (Å²) >= 11 is 0. The van der Waals surface area contributed by atoms with Gasteiger partial charge in [-0.2, -0.15) is 0 Å². The Morgan fingerprint density at radius 3 is 2.35 bits per heavy atom. The van der Waals surface area contributed by atoms with Crippen LogP contribution in [0.2, 0.25) is 0 Å². The molecule has 0 aromatic heterocycles. The van der Waals surface area contributed by atoms with Gasteiger partial charge in [0.2, 0.25) is 0 Å². The molecule has 0 radical (unpaired) electrons. The van der Waals surface area contributed by atoms with E-state index in [0.717, 1.165) is 17.7 Å². The first-order valence-corrected chi connectivity index (χ1v) is 7.35. The molecule has 0 aliphatic heterocycles. The normalized spacial score (nSPS) is 11.2. The maximum absolute atomic E-state index is 13.5. The van der Waals surface area contributed by atoms with Crippen molar-refractivity contribution in [1.29, 1.82) is 0 Å². The lowest BCUT2D eigenvalue weighted by Crippen LogP contribution is -2.39. The van der Waals surface area contributed by atoms with E-state index < -0.39 is 17.7 Å². The summed E-state index contributed by atoms with van der Waals surface area (Å²) in [5, 5.41) is 5.09. The predicted octanol–water partition coefficient (Wildman–Crippen LogP) is 4.37. The summed E-state index contributed by atoms with van der Waals surface area (Å²) in [4.78, 5) is 11.9. The van der Waals surface area contributed by atoms with Crippen molar-refractivity contribution < 1.29 is 13.6 Å². The molecule has 0 saturated heterocycles. The molecule has 0 saturated carbocycles. The number of rotatable bonds is 4. The lowest BCUT2D eigenvalue weighted by molar-refractivity contribution is 0.249. The van der Waals surface area contributed by atoms with Crippen LogP contribution < -0.4 is 10.6 Å². The highest BCUT2D eigenvalue weighted by atomic mass is 19.1. The average molecular weight is 318 g/mol. The third-order valence-electron chi connectivity index (χ3n) is 3.70. The minimum absolute atomic E-state index is 0.0583. The quantitative estimate of drug-likeness (QED) is 0.863. The molecule has 0 bridgehead atoms. The van der Waals surface area contributed by atoms with E-state index >= 15 is 0 Å². The Kier molecular flexibility index (Phi) is 4.98. The van der Waals surface area contributed by atoms with Crippen LogP contribution in [0.25, 0.3) is 0 Å². The molecule has 23 heavy (non-hydrogen) atoms. The zero-order chi connectivity index (χ0) is 17.0. The highest BCUT2D eigenvalue weighted by molar-refractivity contribution is 5.89. The van der Waals surface area contributed by atoms with Crippen molar-refractivity contribution in [3.63, 3.8) is 0 Å². The van der Waals surface area contributed by atoms with Crippen molar-refractivity contribution in [2.24, 2.45) is 0 Å². The summed E-state index contributed by atoms with van der Waals surface area (Å²) in [5.41, 5.74) is 1.93. The molecule has 0 aliphatic rings. The van der Waals surface area contributed by atoms with E-state index in [4.69, 9.17) is 0 Å². The molecule has 122 valence electrons. The van der Waals surface area contributed by atoms with E-state index in [1.165, 1.54) is 11.6 Å². The van der Waals surface area contributed by atoms with Crippen LogP contribution in [0.1, 0.15) is 25.0 Å². The van der Waals surface area contributed by atoms with Gasteiger partial charge < -0.3 is 10.6 Å². The largest absolute Gasteiger partial charge is 0.337 e. The first-order valence-electron chi connectivity index (χ1n) is 7.35. The van der Waals surface area contributed by atoms with Gasteiger partial charge in [-0.05, 0) is 24.6 Å². The van der Waals surface area contributed by atoms with Crippen LogP contribution in [0, 0.1) is 18.6 Å². The number of anilines is 1. The number of carbonyl (C=O) groups is 1. The molecule has 0 aliphatic carbocycles. The average Bonchev–Trinajstić information content (AvgIpc) is 2.49. The molecule has 2 N–H and O–H groups in total. The van der Waals surface area contributed by atoms with E-state index in [-0.39, 0.29) is 11.1 Å². The number of urea groups is 1. The van der Waals surface area contributed by atoms with Crippen molar-refractivity contribution >= 4 is 11.7 Å². The highest BCUT2D eigenvalue weighted by Gasteiger charge is 2.21. The molecule has 0 fully saturated rings. The Hall–Kier alpha value is -2.43. The fourth-order valence-electron chi connectivity index (χ4n) is 2.17. The van der Waals surface area contributed by atoms with Gasteiger partial charge in [0.25, 0.3) is 0 Å². The fourth-order valence-corrected chi connectivity index (χ4v) is 2.17. The van der Waals surface area contributed by atoms with Crippen LogP contribution in [-0.4, -0.2) is 12.6 Å². The summed E-state index contributed by atoms with van der Waals surface area (Å²) in [6.45, 7) is 6.41. The molecule has 2 rings (SSSR count). The van der Waals surface area contributed by atoms with Crippen LogP contribution in [0.15, 0.2) is 42.5 Å². The van der Waals surface area contributed by atoms with E-state index in [9.17, 15) is 13.6 Å². The Bertz CT molecular complexity index is 697. The van der Waals surface area contributed by atoms with E-state index in [1.807, 2.05) is 45.0 Å². The van der Waals surface area contributed by atoms with Crippen molar-refractivity contribution in [3.05, 3.63) is 65.2 Å². The Morgan fingerprint density at radius 2 is 1.74 bits per heavy atom. The summed E-state index contributed by atoms with van der Waals surface area (Å²) < 4.78 is 26.3. The molecule has 2 amide bonds. The topological polar surface area (TPSA) is 41.1 Å². The van der Waals surface area contributed by atoms with E-state index in [0.29, 0.717) is 6.54 Å². The first kappa shape index (κ1) is 16.9. The van der Waals surface area contributed by atoms with Crippen molar-refractivity contribution in [2.45, 2.75) is 26.2 Å². The number of amides is 2. The molecule has 0 unspecified atom stereocenters. The van der Waals surface area contributed by atoms with Gasteiger partial charge in [0, 0.05) is 18.0 Å². The minimum atomic E-state index is -0.807. The summed E-state index contributed by atoms with van der Waals surface area (Å²) in [6, 6.07) is 10.6. The maximum atomic E-state index is 13.5. The molecule has 0 atom stereocenters. The molecule has 2 aromatic carbocycles. The molecule has 0 heterocycles. The van der Waals surface area contributed by atoms with Gasteiger partial charge in [-0.25, -0.2) is 13.6 Å². The zero-order valence-electron chi connectivity index (χ0n) is 13.4. The summed E-state index contributed by atoms with van der Waals surface area (Å²) in [7, 11) is 0. The van der Waals surface area contributed by atoms with Gasteiger partial charge in [-0.1, -0.05) is 43.7 Å². The number of halogens is 2. The molecular weight excluding hydrogens is 298 g/mol. The number of benzene rings is 2. The molecule has 3 nitrogen and oxygen atoms in total. The fraction of sp³-hybridized carbons (Fsp3) is 0.278. The van der Waals surface area contributed by atoms with Crippen LogP contribution in [0.3, 0.4) is 0 Å². The van der Waals surface area contributed by atoms with Gasteiger partial charge in [-0.15, -0.1) is 0 Å². The number of nitrogens with one attached hydrogen (secondary N) is 2. The SMILES string of the molecule is Cc1ccc(C(C)(C)CNC(=O)Nc2ccc(F)cc2F)cc1. The molecule has 5 heteroatoms. The highest BCUT2D eigenvalue weighted by Crippen LogP contribution is 2.22. The van der Waals surface area contributed by atoms with Crippen molar-refractivity contribution in [3.8, 4) is 0 Å². The van der Waals surface area contributed by atoms with Gasteiger partial charge in [0.1, 0.15) is 11.6 Å². The first-order chi connectivity index (χ1) is 10.8. The maximum Gasteiger partial charge on any atom is 0.319 e. The second-order valence-corrected chi connectivity index (χ2v) is 6.18. The molecule has 0 spiro atoms. The third kappa shape index (κ3) is 4.52.